The van der Waals surface area contributed by atoms with Gasteiger partial charge in [-0.25, -0.2) is 4.79 Å². The van der Waals surface area contributed by atoms with Crippen LogP contribution in [0.2, 0.25) is 0 Å². The van der Waals surface area contributed by atoms with Crippen LogP contribution in [-0.4, -0.2) is 52.1 Å². The van der Waals surface area contributed by atoms with E-state index >= 15 is 0 Å². The highest BCUT2D eigenvalue weighted by Crippen LogP contribution is 2.38. The number of amides is 3. The van der Waals surface area contributed by atoms with Crippen molar-refractivity contribution in [3.63, 3.8) is 0 Å². The molecule has 2 atom stereocenters. The number of hydrogen-bond acceptors (Lipinski definition) is 6. The summed E-state index contributed by atoms with van der Waals surface area (Å²) in [7, 11) is 0. The molecule has 5 rings (SSSR count). The van der Waals surface area contributed by atoms with Gasteiger partial charge in [-0.1, -0.05) is 42.9 Å². The number of aryl methyl sites for hydroxylation is 1. The van der Waals surface area contributed by atoms with Crippen molar-refractivity contribution in [1.82, 2.24) is 19.8 Å². The molecule has 3 aliphatic heterocycles. The first kappa shape index (κ1) is 21.7. The maximum absolute atomic E-state index is 13.8. The number of para-hydroxylation sites is 1. The predicted molar refractivity (Wildman–Crippen MR) is 126 cm³/mol. The number of rotatable bonds is 5. The van der Waals surface area contributed by atoms with Crippen LogP contribution in [0.15, 0.2) is 28.1 Å². The van der Waals surface area contributed by atoms with Crippen LogP contribution in [0, 0.1) is 6.92 Å². The molecular formula is C23H28N6O3S. The van der Waals surface area contributed by atoms with Crippen LogP contribution in [0.25, 0.3) is 5.57 Å². The third-order valence-corrected chi connectivity index (χ3v) is 7.73. The number of likely N-dealkylation sites (N-methyl/N-ethyl adjacent to an activating group) is 2. The van der Waals surface area contributed by atoms with Crippen molar-refractivity contribution >= 4 is 34.5 Å². The Hall–Kier alpha value is -3.14. The standard InChI is InChI=1S/C23H28N6O3S/c1-5-8-12-28-16-13(4)10-9-11-14(16)15(20(28)30)17-21(31)29-19-18(24-25-22(29)33-17)26(6-2)23(32)27(19)7-3/h9-11,18-19,24H,5-8,12H2,1-4H3/b17-15-. The van der Waals surface area contributed by atoms with Gasteiger partial charge >= 0.3 is 6.03 Å². The first-order valence-corrected chi connectivity index (χ1v) is 12.3. The molecule has 9 nitrogen and oxygen atoms in total. The number of carbonyl (C=O) groups excluding carboxylic acids is 2. The quantitative estimate of drug-likeness (QED) is 0.716. The Morgan fingerprint density at radius 2 is 1.85 bits per heavy atom. The molecule has 1 fully saturated rings. The molecule has 2 aromatic rings. The average Bonchev–Trinajstić information content (AvgIpc) is 3.38. The van der Waals surface area contributed by atoms with Gasteiger partial charge in [0.25, 0.3) is 11.5 Å². The van der Waals surface area contributed by atoms with E-state index in [0.717, 1.165) is 29.7 Å². The number of unbranched alkanes of at least 4 members (excludes halogenated alkanes) is 1. The van der Waals surface area contributed by atoms with Crippen LogP contribution in [0.3, 0.4) is 0 Å². The summed E-state index contributed by atoms with van der Waals surface area (Å²) < 4.78 is 1.97. The van der Waals surface area contributed by atoms with Crippen molar-refractivity contribution in [1.29, 1.82) is 0 Å². The molecule has 2 unspecified atom stereocenters. The molecule has 10 heteroatoms. The smallest absolute Gasteiger partial charge is 0.307 e. The summed E-state index contributed by atoms with van der Waals surface area (Å²) in [5.41, 5.74) is 5.93. The number of urea groups is 1. The summed E-state index contributed by atoms with van der Waals surface area (Å²) in [6, 6.07) is 5.71. The molecule has 33 heavy (non-hydrogen) atoms. The van der Waals surface area contributed by atoms with Gasteiger partial charge in [0.15, 0.2) is 12.3 Å². The van der Waals surface area contributed by atoms with E-state index in [0.29, 0.717) is 34.5 Å². The second-order valence-electron chi connectivity index (χ2n) is 8.50. The van der Waals surface area contributed by atoms with Gasteiger partial charge in [0.05, 0.1) is 11.3 Å². The van der Waals surface area contributed by atoms with Gasteiger partial charge in [-0.05, 0) is 32.8 Å². The highest BCUT2D eigenvalue weighted by atomic mass is 32.1. The van der Waals surface area contributed by atoms with E-state index in [4.69, 9.17) is 0 Å². The molecule has 0 aliphatic carbocycles. The third kappa shape index (κ3) is 2.96. The van der Waals surface area contributed by atoms with E-state index < -0.39 is 12.3 Å². The van der Waals surface area contributed by atoms with Crippen LogP contribution < -0.4 is 25.2 Å². The third-order valence-electron chi connectivity index (χ3n) is 6.68. The topological polar surface area (TPSA) is 90.2 Å². The molecule has 3 amide bonds. The Bertz CT molecular complexity index is 1330. The summed E-state index contributed by atoms with van der Waals surface area (Å²) >= 11 is 1.21. The van der Waals surface area contributed by atoms with Crippen molar-refractivity contribution in [3.05, 3.63) is 49.0 Å². The fourth-order valence-electron chi connectivity index (χ4n) is 5.09. The molecule has 0 spiro atoms. The van der Waals surface area contributed by atoms with E-state index in [1.165, 1.54) is 11.3 Å². The van der Waals surface area contributed by atoms with E-state index in [2.05, 4.69) is 17.5 Å². The first-order valence-electron chi connectivity index (χ1n) is 11.5. The van der Waals surface area contributed by atoms with Crippen LogP contribution >= 0.6 is 11.3 Å². The van der Waals surface area contributed by atoms with Gasteiger partial charge in [-0.2, -0.15) is 0 Å². The van der Waals surface area contributed by atoms with Crippen LogP contribution in [0.5, 0.6) is 0 Å². The highest BCUT2D eigenvalue weighted by molar-refractivity contribution is 7.07. The number of fused-ring (bicyclic) bond motifs is 4. The number of anilines is 1. The van der Waals surface area contributed by atoms with E-state index in [1.807, 2.05) is 39.0 Å². The summed E-state index contributed by atoms with van der Waals surface area (Å²) in [6.45, 7) is 9.49. The average molecular weight is 469 g/mol. The van der Waals surface area contributed by atoms with Gasteiger partial charge in [0.1, 0.15) is 4.53 Å². The number of nitrogens with one attached hydrogen (secondary N) is 1. The SMILES string of the molecule is CCCCN1C(=O)/C(=c2\sc3n(c2=O)C2C(NN=3)N(CC)C(=O)N2CC)c2cccc(C)c21. The molecule has 1 saturated heterocycles. The van der Waals surface area contributed by atoms with Crippen molar-refractivity contribution in [2.75, 3.05) is 24.5 Å². The van der Waals surface area contributed by atoms with E-state index in [1.54, 1.807) is 19.3 Å². The molecule has 174 valence electrons. The summed E-state index contributed by atoms with van der Waals surface area (Å²) in [4.78, 5) is 46.0. The molecule has 1 aromatic carbocycles. The zero-order chi connectivity index (χ0) is 23.4. The van der Waals surface area contributed by atoms with Crippen LogP contribution in [0.1, 0.15) is 50.9 Å². The molecule has 1 N–H and O–H groups in total. The number of aromatic nitrogens is 1. The Morgan fingerprint density at radius 3 is 2.55 bits per heavy atom. The van der Waals surface area contributed by atoms with Gasteiger partial charge in [0.2, 0.25) is 4.80 Å². The Kier molecular flexibility index (Phi) is 5.27. The maximum Gasteiger partial charge on any atom is 0.323 e. The Morgan fingerprint density at radius 1 is 1.09 bits per heavy atom. The second kappa shape index (κ2) is 8.02. The van der Waals surface area contributed by atoms with Crippen molar-refractivity contribution in [2.24, 2.45) is 5.10 Å². The fraction of sp³-hybridized carbons (Fsp3) is 0.478. The zero-order valence-corrected chi connectivity index (χ0v) is 20.1. The highest BCUT2D eigenvalue weighted by Gasteiger charge is 2.48. The minimum atomic E-state index is -0.502. The summed E-state index contributed by atoms with van der Waals surface area (Å²) in [6.07, 6.45) is 0.933. The number of hydrogen-bond donors (Lipinski definition) is 1. The Labute approximate surface area is 195 Å². The van der Waals surface area contributed by atoms with E-state index in [-0.39, 0.29) is 17.5 Å². The monoisotopic (exact) mass is 468 g/mol. The maximum atomic E-state index is 13.8. The van der Waals surface area contributed by atoms with Gasteiger partial charge in [-0.3, -0.25) is 29.4 Å². The summed E-state index contributed by atoms with van der Waals surface area (Å²) in [5, 5.41) is 4.43. The fourth-order valence-corrected chi connectivity index (χ4v) is 6.14. The number of thiazole rings is 1. The number of nitrogens with zero attached hydrogens (tertiary/aromatic N) is 5. The minimum absolute atomic E-state index is 0.124. The van der Waals surface area contributed by atoms with Gasteiger partial charge < -0.3 is 4.90 Å². The lowest BCUT2D eigenvalue weighted by molar-refractivity contribution is -0.113. The number of carbonyl (C=O) groups is 2. The van der Waals surface area contributed by atoms with Gasteiger partial charge in [-0.15, -0.1) is 5.10 Å². The lowest BCUT2D eigenvalue weighted by Crippen LogP contribution is -2.53. The lowest BCUT2D eigenvalue weighted by Gasteiger charge is -2.29. The largest absolute Gasteiger partial charge is 0.323 e. The molecule has 3 aliphatic rings. The molecule has 0 radical (unpaired) electrons. The minimum Gasteiger partial charge on any atom is -0.307 e. The van der Waals surface area contributed by atoms with Gasteiger partial charge in [0, 0.05) is 25.2 Å². The Balaban J connectivity index is 1.74. The predicted octanol–water partition coefficient (Wildman–Crippen LogP) is 1.30. The van der Waals surface area contributed by atoms with Crippen molar-refractivity contribution in [3.8, 4) is 0 Å². The normalized spacial score (nSPS) is 22.8. The summed E-state index contributed by atoms with van der Waals surface area (Å²) in [5.74, 6) is -0.140. The molecule has 1 aromatic heterocycles. The number of benzene rings is 1. The van der Waals surface area contributed by atoms with E-state index in [9.17, 15) is 14.4 Å². The molecule has 0 saturated carbocycles. The van der Waals surface area contributed by atoms with Crippen molar-refractivity contribution in [2.45, 2.75) is 52.9 Å². The second-order valence-corrected chi connectivity index (χ2v) is 9.48. The molecule has 0 bridgehead atoms. The van der Waals surface area contributed by atoms with Crippen LogP contribution in [0.4, 0.5) is 10.5 Å². The zero-order valence-electron chi connectivity index (χ0n) is 19.3. The molecule has 4 heterocycles. The van der Waals surface area contributed by atoms with Crippen LogP contribution in [-0.2, 0) is 4.79 Å². The van der Waals surface area contributed by atoms with Crippen molar-refractivity contribution < 1.29 is 9.59 Å². The molecular weight excluding hydrogens is 440 g/mol. The lowest BCUT2D eigenvalue weighted by atomic mass is 10.0. The first-order chi connectivity index (χ1) is 15.9.